The lowest BCUT2D eigenvalue weighted by molar-refractivity contribution is 0.371. The molecule has 5 heteroatoms. The first-order chi connectivity index (χ1) is 6.52. The van der Waals surface area contributed by atoms with Gasteiger partial charge in [-0.1, -0.05) is 12.1 Å². The van der Waals surface area contributed by atoms with Crippen LogP contribution in [0.1, 0.15) is 11.1 Å². The predicted octanol–water partition coefficient (Wildman–Crippen LogP) is 0.560. The van der Waals surface area contributed by atoms with Crippen molar-refractivity contribution in [1.82, 2.24) is 5.12 Å². The second-order valence-electron chi connectivity index (χ2n) is 2.99. The van der Waals surface area contributed by atoms with Gasteiger partial charge in [-0.3, -0.25) is 0 Å². The molecule has 0 radical (unpaired) electrons. The van der Waals surface area contributed by atoms with E-state index in [0.29, 0.717) is 5.56 Å². The van der Waals surface area contributed by atoms with Crippen molar-refractivity contribution in [2.45, 2.75) is 6.92 Å². The Morgan fingerprint density at radius 2 is 2.14 bits per heavy atom. The molecule has 0 aromatic heterocycles. The van der Waals surface area contributed by atoms with E-state index < -0.39 is 5.82 Å². The van der Waals surface area contributed by atoms with Crippen molar-refractivity contribution >= 4 is 5.84 Å². The average Bonchev–Trinajstić information content (AvgIpc) is 2.01. The largest absolute Gasteiger partial charge is 0.382 e. The normalized spacial score (nSPS) is 11.6. The number of amidine groups is 1. The Bertz CT molecular complexity index is 340. The maximum Gasteiger partial charge on any atom is 0.155 e. The van der Waals surface area contributed by atoms with Crippen molar-refractivity contribution in [3.63, 3.8) is 0 Å². The van der Waals surface area contributed by atoms with Gasteiger partial charge in [0.05, 0.1) is 5.56 Å². The molecule has 0 aliphatic heterocycles. The standard InChI is InChI=1S/C9H13FN4/c1-6-4-3-5-7(10)8(6)9(11)13-14(2)12/h3-5H,12H2,1-2H3,(H2,11,13). The molecule has 0 heterocycles. The molecule has 0 fully saturated rings. The van der Waals surface area contributed by atoms with Gasteiger partial charge in [-0.05, 0) is 18.6 Å². The van der Waals surface area contributed by atoms with E-state index in [0.717, 1.165) is 10.7 Å². The number of nitrogens with zero attached hydrogens (tertiary/aromatic N) is 2. The van der Waals surface area contributed by atoms with Crippen molar-refractivity contribution in [2.24, 2.45) is 16.7 Å². The van der Waals surface area contributed by atoms with Crippen LogP contribution in [0.3, 0.4) is 0 Å². The van der Waals surface area contributed by atoms with Crippen LogP contribution in [-0.4, -0.2) is 18.0 Å². The molecule has 0 aliphatic rings. The Morgan fingerprint density at radius 3 is 2.64 bits per heavy atom. The third kappa shape index (κ3) is 2.20. The number of nitrogens with two attached hydrogens (primary N) is 2. The first-order valence-electron chi connectivity index (χ1n) is 4.10. The first-order valence-corrected chi connectivity index (χ1v) is 4.10. The quantitative estimate of drug-likeness (QED) is 0.314. The van der Waals surface area contributed by atoms with E-state index in [2.05, 4.69) is 5.10 Å². The Morgan fingerprint density at radius 1 is 1.50 bits per heavy atom. The second kappa shape index (κ2) is 4.06. The lowest BCUT2D eigenvalue weighted by Crippen LogP contribution is -2.26. The molecule has 0 spiro atoms. The SMILES string of the molecule is Cc1cccc(F)c1/C(N)=N/N(C)N. The lowest BCUT2D eigenvalue weighted by Gasteiger charge is -2.09. The molecule has 0 amide bonds. The molecule has 76 valence electrons. The molecule has 0 atom stereocenters. The van der Waals surface area contributed by atoms with Crippen molar-refractivity contribution in [3.8, 4) is 0 Å². The maximum atomic E-state index is 13.3. The van der Waals surface area contributed by atoms with Gasteiger partial charge in [-0.2, -0.15) is 0 Å². The zero-order chi connectivity index (χ0) is 10.7. The van der Waals surface area contributed by atoms with Crippen LogP contribution in [0.5, 0.6) is 0 Å². The van der Waals surface area contributed by atoms with Gasteiger partial charge in [0.15, 0.2) is 5.84 Å². The second-order valence-corrected chi connectivity index (χ2v) is 2.99. The highest BCUT2D eigenvalue weighted by molar-refractivity contribution is 5.98. The highest BCUT2D eigenvalue weighted by Crippen LogP contribution is 2.11. The number of rotatable bonds is 2. The van der Waals surface area contributed by atoms with Gasteiger partial charge < -0.3 is 5.73 Å². The summed E-state index contributed by atoms with van der Waals surface area (Å²) in [6.45, 7) is 1.76. The van der Waals surface area contributed by atoms with Crippen LogP contribution in [0.2, 0.25) is 0 Å². The lowest BCUT2D eigenvalue weighted by atomic mass is 10.1. The fourth-order valence-electron chi connectivity index (χ4n) is 1.18. The van der Waals surface area contributed by atoms with Crippen molar-refractivity contribution in [2.75, 3.05) is 7.05 Å². The smallest absolute Gasteiger partial charge is 0.155 e. The summed E-state index contributed by atoms with van der Waals surface area (Å²) in [5, 5.41) is 4.78. The van der Waals surface area contributed by atoms with Crippen molar-refractivity contribution in [3.05, 3.63) is 35.1 Å². The summed E-state index contributed by atoms with van der Waals surface area (Å²) in [5.41, 5.74) is 6.61. The van der Waals surface area contributed by atoms with Crippen LogP contribution < -0.4 is 11.6 Å². The van der Waals surface area contributed by atoms with Gasteiger partial charge in [0.25, 0.3) is 0 Å². The monoisotopic (exact) mass is 196 g/mol. The summed E-state index contributed by atoms with van der Waals surface area (Å²) < 4.78 is 13.3. The zero-order valence-electron chi connectivity index (χ0n) is 8.16. The van der Waals surface area contributed by atoms with Crippen molar-refractivity contribution < 1.29 is 4.39 Å². The number of halogens is 1. The first kappa shape index (κ1) is 10.5. The Kier molecular flexibility index (Phi) is 3.03. The molecule has 1 aromatic carbocycles. The van der Waals surface area contributed by atoms with Gasteiger partial charge in [0.1, 0.15) is 5.82 Å². The summed E-state index contributed by atoms with van der Waals surface area (Å²) in [7, 11) is 1.52. The third-order valence-electron chi connectivity index (χ3n) is 1.74. The number of hydrogen-bond acceptors (Lipinski definition) is 3. The number of hydrazine groups is 1. The Balaban J connectivity index is 3.18. The summed E-state index contributed by atoms with van der Waals surface area (Å²) >= 11 is 0. The topological polar surface area (TPSA) is 67.6 Å². The zero-order valence-corrected chi connectivity index (χ0v) is 8.16. The van der Waals surface area contributed by atoms with E-state index in [1.165, 1.54) is 13.1 Å². The Hall–Kier alpha value is -1.62. The summed E-state index contributed by atoms with van der Waals surface area (Å²) in [6.07, 6.45) is 0. The molecule has 1 aromatic rings. The van der Waals surface area contributed by atoms with Crippen LogP contribution in [-0.2, 0) is 0 Å². The van der Waals surface area contributed by atoms with E-state index in [1.54, 1.807) is 19.1 Å². The minimum Gasteiger partial charge on any atom is -0.382 e. The van der Waals surface area contributed by atoms with E-state index in [-0.39, 0.29) is 5.84 Å². The fraction of sp³-hybridized carbons (Fsp3) is 0.222. The molecule has 0 bridgehead atoms. The molecule has 0 saturated carbocycles. The molecule has 1 rings (SSSR count). The Labute approximate surface area is 82.0 Å². The minimum atomic E-state index is -0.395. The molecule has 4 nitrogen and oxygen atoms in total. The molecule has 0 unspecified atom stereocenters. The molecule has 14 heavy (non-hydrogen) atoms. The third-order valence-corrected chi connectivity index (χ3v) is 1.74. The highest BCUT2D eigenvalue weighted by Gasteiger charge is 2.09. The molecular formula is C9H13FN4. The molecule has 4 N–H and O–H groups in total. The van der Waals surface area contributed by atoms with Crippen LogP contribution in [0.25, 0.3) is 0 Å². The predicted molar refractivity (Wildman–Crippen MR) is 53.8 cm³/mol. The van der Waals surface area contributed by atoms with Gasteiger partial charge >= 0.3 is 0 Å². The number of hydrazone groups is 1. The van der Waals surface area contributed by atoms with Crippen LogP contribution in [0.4, 0.5) is 4.39 Å². The minimum absolute atomic E-state index is 0.0746. The van der Waals surface area contributed by atoms with E-state index in [9.17, 15) is 4.39 Å². The van der Waals surface area contributed by atoms with Gasteiger partial charge in [-0.15, -0.1) is 5.10 Å². The summed E-state index contributed by atoms with van der Waals surface area (Å²) in [4.78, 5) is 0. The molecule has 0 saturated heterocycles. The highest BCUT2D eigenvalue weighted by atomic mass is 19.1. The van der Waals surface area contributed by atoms with E-state index >= 15 is 0 Å². The van der Waals surface area contributed by atoms with Crippen LogP contribution in [0, 0.1) is 12.7 Å². The maximum absolute atomic E-state index is 13.3. The number of aryl methyl sites for hydroxylation is 1. The summed E-state index contributed by atoms with van der Waals surface area (Å²) in [6, 6.07) is 4.71. The average molecular weight is 196 g/mol. The van der Waals surface area contributed by atoms with Gasteiger partial charge in [0.2, 0.25) is 0 Å². The van der Waals surface area contributed by atoms with Gasteiger partial charge in [-0.25, -0.2) is 15.4 Å². The molecule has 0 aliphatic carbocycles. The summed E-state index contributed by atoms with van der Waals surface area (Å²) in [5.74, 6) is 4.95. The number of benzene rings is 1. The fourth-order valence-corrected chi connectivity index (χ4v) is 1.18. The van der Waals surface area contributed by atoms with E-state index in [4.69, 9.17) is 11.6 Å². The van der Waals surface area contributed by atoms with E-state index in [1.807, 2.05) is 0 Å². The van der Waals surface area contributed by atoms with Gasteiger partial charge in [0, 0.05) is 7.05 Å². The number of hydrogen-bond donors (Lipinski definition) is 2. The molecular weight excluding hydrogens is 183 g/mol. The van der Waals surface area contributed by atoms with Crippen LogP contribution in [0.15, 0.2) is 23.3 Å². The van der Waals surface area contributed by atoms with Crippen LogP contribution >= 0.6 is 0 Å². The van der Waals surface area contributed by atoms with Crippen molar-refractivity contribution in [1.29, 1.82) is 0 Å².